The summed E-state index contributed by atoms with van der Waals surface area (Å²) >= 11 is 0. The normalized spacial score (nSPS) is 11.9. The van der Waals surface area contributed by atoms with Crippen molar-refractivity contribution in [3.8, 4) is 16.9 Å². The van der Waals surface area contributed by atoms with Gasteiger partial charge in [0.2, 0.25) is 5.91 Å². The Kier molecular flexibility index (Phi) is 5.76. The van der Waals surface area contributed by atoms with Gasteiger partial charge in [-0.25, -0.2) is 9.59 Å². The molecule has 0 atom stereocenters. The summed E-state index contributed by atoms with van der Waals surface area (Å²) in [6.07, 6.45) is -0.759. The molecule has 1 aliphatic carbocycles. The summed E-state index contributed by atoms with van der Waals surface area (Å²) in [6, 6.07) is 19.4. The van der Waals surface area contributed by atoms with Gasteiger partial charge in [0.1, 0.15) is 18.9 Å². The lowest BCUT2D eigenvalue weighted by atomic mass is 9.98. The Morgan fingerprint density at radius 3 is 2.16 bits per heavy atom. The second-order valence-electron chi connectivity index (χ2n) is 7.26. The summed E-state index contributed by atoms with van der Waals surface area (Å²) in [6.45, 7) is -0.295. The Hall–Kier alpha value is -4.33. The maximum absolute atomic E-state index is 12.2. The van der Waals surface area contributed by atoms with Gasteiger partial charge in [0.25, 0.3) is 0 Å². The topological polar surface area (TPSA) is 125 Å². The third-order valence-corrected chi connectivity index (χ3v) is 5.25. The van der Waals surface area contributed by atoms with Crippen molar-refractivity contribution in [2.24, 2.45) is 0 Å². The molecule has 8 heteroatoms. The fourth-order valence-electron chi connectivity index (χ4n) is 3.77. The van der Waals surface area contributed by atoms with Crippen LogP contribution in [0.2, 0.25) is 0 Å². The number of amides is 2. The van der Waals surface area contributed by atoms with Crippen molar-refractivity contribution in [3.05, 3.63) is 83.4 Å². The number of hydrogen-bond acceptors (Lipinski definition) is 5. The van der Waals surface area contributed by atoms with Crippen molar-refractivity contribution in [1.29, 1.82) is 0 Å². The van der Waals surface area contributed by atoms with Crippen LogP contribution in [0.15, 0.2) is 66.7 Å². The number of fused-ring (bicyclic) bond motifs is 3. The molecule has 3 aromatic carbocycles. The van der Waals surface area contributed by atoms with Crippen molar-refractivity contribution >= 4 is 23.7 Å². The number of phenols is 1. The molecular weight excluding hydrogens is 412 g/mol. The Morgan fingerprint density at radius 2 is 1.53 bits per heavy atom. The van der Waals surface area contributed by atoms with Crippen molar-refractivity contribution in [2.45, 2.75) is 5.92 Å². The third-order valence-electron chi connectivity index (χ3n) is 5.25. The zero-order chi connectivity index (χ0) is 22.7. The largest absolute Gasteiger partial charge is 0.506 e. The van der Waals surface area contributed by atoms with E-state index in [1.54, 1.807) is 0 Å². The average Bonchev–Trinajstić information content (AvgIpc) is 3.11. The molecule has 0 aliphatic heterocycles. The number of alkyl carbamates (subject to hydrolysis) is 1. The smallest absolute Gasteiger partial charge is 0.407 e. The second kappa shape index (κ2) is 8.81. The zero-order valence-electron chi connectivity index (χ0n) is 16.9. The molecule has 4 N–H and O–H groups in total. The predicted molar refractivity (Wildman–Crippen MR) is 117 cm³/mol. The number of carboxylic acids is 1. The van der Waals surface area contributed by atoms with Crippen LogP contribution >= 0.6 is 0 Å². The fourth-order valence-corrected chi connectivity index (χ4v) is 3.77. The van der Waals surface area contributed by atoms with E-state index in [0.717, 1.165) is 34.4 Å². The van der Waals surface area contributed by atoms with Gasteiger partial charge in [-0.15, -0.1) is 0 Å². The van der Waals surface area contributed by atoms with E-state index in [0.29, 0.717) is 0 Å². The van der Waals surface area contributed by atoms with Crippen LogP contribution in [0.4, 0.5) is 10.5 Å². The van der Waals surface area contributed by atoms with Crippen LogP contribution in [0.5, 0.6) is 5.75 Å². The first-order valence-corrected chi connectivity index (χ1v) is 9.89. The van der Waals surface area contributed by atoms with Crippen molar-refractivity contribution in [2.75, 3.05) is 18.5 Å². The summed E-state index contributed by atoms with van der Waals surface area (Å²) in [5.41, 5.74) is 4.22. The van der Waals surface area contributed by atoms with Gasteiger partial charge in [0.15, 0.2) is 0 Å². The minimum absolute atomic E-state index is 0.0655. The lowest BCUT2D eigenvalue weighted by Gasteiger charge is -2.14. The summed E-state index contributed by atoms with van der Waals surface area (Å²) < 4.78 is 5.36. The third kappa shape index (κ3) is 4.24. The molecule has 8 nitrogen and oxygen atoms in total. The number of nitrogens with one attached hydrogen (secondary N) is 2. The maximum atomic E-state index is 12.2. The van der Waals surface area contributed by atoms with Crippen LogP contribution < -0.4 is 10.6 Å². The lowest BCUT2D eigenvalue weighted by molar-refractivity contribution is -0.115. The number of anilines is 1. The van der Waals surface area contributed by atoms with Crippen LogP contribution in [0, 0.1) is 0 Å². The van der Waals surface area contributed by atoms with Crippen LogP contribution in [0.25, 0.3) is 11.1 Å². The van der Waals surface area contributed by atoms with Gasteiger partial charge in [-0.3, -0.25) is 4.79 Å². The number of aromatic carboxylic acids is 1. The van der Waals surface area contributed by atoms with Gasteiger partial charge >= 0.3 is 12.1 Å². The number of hydrogen-bond donors (Lipinski definition) is 4. The minimum atomic E-state index is -1.20. The molecule has 0 unspecified atom stereocenters. The van der Waals surface area contributed by atoms with Crippen LogP contribution in [0.1, 0.15) is 27.4 Å². The molecule has 0 bridgehead atoms. The van der Waals surface area contributed by atoms with Gasteiger partial charge in [-0.1, -0.05) is 48.5 Å². The van der Waals surface area contributed by atoms with Gasteiger partial charge < -0.3 is 25.6 Å². The Bertz CT molecular complexity index is 1160. The number of carbonyl (C=O) groups is 3. The van der Waals surface area contributed by atoms with E-state index in [-0.39, 0.29) is 29.5 Å². The van der Waals surface area contributed by atoms with Crippen LogP contribution in [-0.2, 0) is 9.53 Å². The van der Waals surface area contributed by atoms with E-state index in [1.807, 2.05) is 48.5 Å². The van der Waals surface area contributed by atoms with Crippen LogP contribution in [0.3, 0.4) is 0 Å². The maximum Gasteiger partial charge on any atom is 0.407 e. The highest BCUT2D eigenvalue weighted by molar-refractivity contribution is 5.97. The molecule has 3 aromatic rings. The summed E-state index contributed by atoms with van der Waals surface area (Å²) in [7, 11) is 0. The fraction of sp³-hybridized carbons (Fsp3) is 0.125. The zero-order valence-corrected chi connectivity index (χ0v) is 16.9. The molecule has 0 fully saturated rings. The molecule has 162 valence electrons. The molecule has 0 spiro atoms. The van der Waals surface area contributed by atoms with E-state index in [1.165, 1.54) is 6.07 Å². The van der Waals surface area contributed by atoms with Gasteiger partial charge in [-0.2, -0.15) is 0 Å². The predicted octanol–water partition coefficient (Wildman–Crippen LogP) is 3.57. The highest BCUT2D eigenvalue weighted by Crippen LogP contribution is 2.44. The van der Waals surface area contributed by atoms with E-state index in [2.05, 4.69) is 10.6 Å². The molecule has 4 rings (SSSR count). The molecule has 2 amide bonds. The number of benzene rings is 3. The van der Waals surface area contributed by atoms with Crippen LogP contribution in [-0.4, -0.2) is 41.3 Å². The molecule has 1 aliphatic rings. The summed E-state index contributed by atoms with van der Waals surface area (Å²) in [5.74, 6) is -2.23. The number of aromatic hydroxyl groups is 1. The SMILES string of the molecule is O=C(CNC(=O)OCC1c2ccccc2-c2ccccc21)Nc1cc(C(=O)O)ccc1O. The van der Waals surface area contributed by atoms with Crippen molar-refractivity contribution < 1.29 is 29.3 Å². The highest BCUT2D eigenvalue weighted by Gasteiger charge is 2.29. The number of ether oxygens (including phenoxy) is 1. The van der Waals surface area contributed by atoms with Gasteiger partial charge in [0, 0.05) is 5.92 Å². The molecule has 0 saturated heterocycles. The van der Waals surface area contributed by atoms with Crippen molar-refractivity contribution in [3.63, 3.8) is 0 Å². The van der Waals surface area contributed by atoms with E-state index >= 15 is 0 Å². The first-order valence-electron chi connectivity index (χ1n) is 9.89. The first-order chi connectivity index (χ1) is 15.4. The quantitative estimate of drug-likeness (QED) is 0.442. The Labute approximate surface area is 183 Å². The van der Waals surface area contributed by atoms with Gasteiger partial charge in [0.05, 0.1) is 11.3 Å². The standard InChI is InChI=1S/C24H20N2O6/c27-21-10-9-14(23(29)30)11-20(21)26-22(28)12-25-24(31)32-13-19-17-7-3-1-5-15(17)16-6-2-4-8-18(16)19/h1-11,19,27H,12-13H2,(H,25,31)(H,26,28)(H,29,30). The number of carbonyl (C=O) groups excluding carboxylic acids is 2. The Balaban J connectivity index is 1.33. The summed E-state index contributed by atoms with van der Waals surface area (Å²) in [5, 5.41) is 23.5. The number of phenolic OH excluding ortho intramolecular Hbond substituents is 1. The highest BCUT2D eigenvalue weighted by atomic mass is 16.5. The molecule has 0 saturated carbocycles. The van der Waals surface area contributed by atoms with E-state index in [9.17, 15) is 19.5 Å². The first kappa shape index (κ1) is 20.9. The lowest BCUT2D eigenvalue weighted by Crippen LogP contribution is -2.34. The average molecular weight is 432 g/mol. The minimum Gasteiger partial charge on any atom is -0.506 e. The second-order valence-corrected chi connectivity index (χ2v) is 7.26. The molecular formula is C24H20N2O6. The molecule has 0 aromatic heterocycles. The monoisotopic (exact) mass is 432 g/mol. The summed E-state index contributed by atoms with van der Waals surface area (Å²) in [4.78, 5) is 35.3. The molecule has 0 heterocycles. The van der Waals surface area contributed by atoms with E-state index in [4.69, 9.17) is 9.84 Å². The Morgan fingerprint density at radius 1 is 0.906 bits per heavy atom. The van der Waals surface area contributed by atoms with E-state index < -0.39 is 24.5 Å². The van der Waals surface area contributed by atoms with Crippen molar-refractivity contribution in [1.82, 2.24) is 5.32 Å². The molecule has 32 heavy (non-hydrogen) atoms. The van der Waals surface area contributed by atoms with Gasteiger partial charge in [-0.05, 0) is 40.5 Å². The molecule has 0 radical (unpaired) electrons. The number of rotatable bonds is 6. The number of carboxylic acid groups (broad SMARTS) is 1.